The Hall–Kier alpha value is -2.17. The number of ketones is 1. The van der Waals surface area contributed by atoms with Gasteiger partial charge in [0, 0.05) is 5.92 Å². The molecule has 5 heteroatoms. The van der Waals surface area contributed by atoms with Gasteiger partial charge in [-0.3, -0.25) is 15.0 Å². The molecule has 0 fully saturated rings. The van der Waals surface area contributed by atoms with Crippen LogP contribution in [0.1, 0.15) is 19.8 Å². The molecule has 0 aromatic heterocycles. The Labute approximate surface area is 123 Å². The molecule has 112 valence electrons. The molecule has 0 aromatic rings. The van der Waals surface area contributed by atoms with Gasteiger partial charge < -0.3 is 9.47 Å². The molecule has 2 aliphatic carbocycles. The molecule has 5 nitrogen and oxygen atoms in total. The number of hydrogen-bond donors (Lipinski definition) is 1. The van der Waals surface area contributed by atoms with Gasteiger partial charge >= 0.3 is 5.97 Å². The number of fused-ring (bicyclic) bond motifs is 2. The second kappa shape index (κ2) is 5.68. The van der Waals surface area contributed by atoms with Crippen molar-refractivity contribution in [1.29, 1.82) is 5.41 Å². The van der Waals surface area contributed by atoms with Crippen molar-refractivity contribution in [3.8, 4) is 0 Å². The molecule has 2 aliphatic rings. The lowest BCUT2D eigenvalue weighted by Gasteiger charge is -2.40. The van der Waals surface area contributed by atoms with E-state index < -0.39 is 11.4 Å². The second-order valence-corrected chi connectivity index (χ2v) is 5.35. The third-order valence-electron chi connectivity index (χ3n) is 4.04. The monoisotopic (exact) mass is 289 g/mol. The molecule has 0 saturated heterocycles. The van der Waals surface area contributed by atoms with E-state index >= 15 is 0 Å². The zero-order valence-electron chi connectivity index (χ0n) is 12.4. The molecular formula is C16H19NO4. The molecule has 0 heterocycles. The van der Waals surface area contributed by atoms with E-state index in [0.717, 1.165) is 5.57 Å². The van der Waals surface area contributed by atoms with E-state index in [-0.39, 0.29) is 17.6 Å². The summed E-state index contributed by atoms with van der Waals surface area (Å²) in [5, 5.41) is 7.49. The van der Waals surface area contributed by atoms with Gasteiger partial charge in [-0.05, 0) is 31.4 Å². The zero-order valence-corrected chi connectivity index (χ0v) is 12.4. The van der Waals surface area contributed by atoms with Crippen molar-refractivity contribution in [1.82, 2.24) is 0 Å². The lowest BCUT2D eigenvalue weighted by molar-refractivity contribution is -0.157. The lowest BCUT2D eigenvalue weighted by atomic mass is 9.61. The van der Waals surface area contributed by atoms with Crippen molar-refractivity contribution in [2.75, 3.05) is 14.2 Å². The topological polar surface area (TPSA) is 76.4 Å². The molecule has 0 spiro atoms. The minimum atomic E-state index is -1.28. The van der Waals surface area contributed by atoms with Crippen LogP contribution < -0.4 is 0 Å². The number of esters is 1. The van der Waals surface area contributed by atoms with E-state index in [1.807, 2.05) is 19.1 Å². The highest BCUT2D eigenvalue weighted by molar-refractivity contribution is 6.11. The van der Waals surface area contributed by atoms with Crippen LogP contribution in [0.3, 0.4) is 0 Å². The molecular weight excluding hydrogens is 270 g/mol. The first-order valence-corrected chi connectivity index (χ1v) is 6.77. The van der Waals surface area contributed by atoms with Crippen molar-refractivity contribution in [3.05, 3.63) is 35.5 Å². The van der Waals surface area contributed by atoms with Gasteiger partial charge in [-0.1, -0.05) is 23.8 Å². The third kappa shape index (κ3) is 2.44. The second-order valence-electron chi connectivity index (χ2n) is 5.35. The number of carbonyl (C=O) groups is 2. The number of nitrogens with one attached hydrogen (secondary N) is 1. The van der Waals surface area contributed by atoms with E-state index in [0.29, 0.717) is 18.4 Å². The van der Waals surface area contributed by atoms with Crippen molar-refractivity contribution in [3.63, 3.8) is 0 Å². The van der Waals surface area contributed by atoms with Gasteiger partial charge in [0.15, 0.2) is 11.2 Å². The predicted molar refractivity (Wildman–Crippen MR) is 77.9 cm³/mol. The molecule has 0 amide bonds. The number of carbonyl (C=O) groups excluding carboxylic acids is 2. The Balaban J connectivity index is 2.50. The van der Waals surface area contributed by atoms with Crippen molar-refractivity contribution < 1.29 is 19.1 Å². The van der Waals surface area contributed by atoms with Gasteiger partial charge in [-0.2, -0.15) is 0 Å². The van der Waals surface area contributed by atoms with Crippen LogP contribution in [-0.2, 0) is 19.1 Å². The summed E-state index contributed by atoms with van der Waals surface area (Å²) in [5.74, 6) is -0.957. The first-order chi connectivity index (χ1) is 9.95. The van der Waals surface area contributed by atoms with E-state index in [2.05, 4.69) is 0 Å². The van der Waals surface area contributed by atoms with E-state index in [9.17, 15) is 9.59 Å². The Bertz CT molecular complexity index is 585. The van der Waals surface area contributed by atoms with Gasteiger partial charge in [0.1, 0.15) is 0 Å². The average molecular weight is 289 g/mol. The van der Waals surface area contributed by atoms with Crippen molar-refractivity contribution in [2.24, 2.45) is 11.3 Å². The number of ether oxygens (including phenoxy) is 2. The summed E-state index contributed by atoms with van der Waals surface area (Å²) >= 11 is 0. The van der Waals surface area contributed by atoms with Crippen LogP contribution in [0.2, 0.25) is 0 Å². The number of Topliss-reactive ketones (excluding diaryl/α,β-unsaturated/α-hetero) is 1. The maximum atomic E-state index is 12.7. The highest BCUT2D eigenvalue weighted by Gasteiger charge is 2.54. The summed E-state index contributed by atoms with van der Waals surface area (Å²) in [4.78, 5) is 25.0. The van der Waals surface area contributed by atoms with E-state index in [1.165, 1.54) is 20.3 Å². The first-order valence-electron chi connectivity index (χ1n) is 6.77. The number of allylic oxidation sites excluding steroid dienone is 4. The molecule has 0 saturated carbocycles. The average Bonchev–Trinajstić information content (AvgIpc) is 2.47. The Morgan fingerprint density at radius 1 is 1.43 bits per heavy atom. The van der Waals surface area contributed by atoms with E-state index in [4.69, 9.17) is 14.9 Å². The molecule has 0 radical (unpaired) electrons. The molecule has 2 rings (SSSR count). The standard InChI is InChI=1S/C16H19NO4/c1-10-8-11-4-5-12(6-7-13(17)20-2)16(9-10,14(11)18)15(19)21-3/h5-8,11,17H,4,9H2,1-3H3/b7-6-,17-13?/t11?,16-/m0/s1. The zero-order chi connectivity index (χ0) is 15.6. The Morgan fingerprint density at radius 3 is 2.76 bits per heavy atom. The minimum Gasteiger partial charge on any atom is -0.481 e. The van der Waals surface area contributed by atoms with Crippen LogP contribution in [0, 0.1) is 16.7 Å². The number of rotatable bonds is 3. The van der Waals surface area contributed by atoms with Gasteiger partial charge in [-0.15, -0.1) is 0 Å². The van der Waals surface area contributed by atoms with Gasteiger partial charge in [-0.25, -0.2) is 0 Å². The smallest absolute Gasteiger partial charge is 0.324 e. The molecule has 0 aromatic carbocycles. The van der Waals surface area contributed by atoms with Crippen molar-refractivity contribution in [2.45, 2.75) is 19.8 Å². The molecule has 1 unspecified atom stereocenters. The molecule has 21 heavy (non-hydrogen) atoms. The summed E-state index contributed by atoms with van der Waals surface area (Å²) in [6.45, 7) is 1.92. The number of hydrogen-bond acceptors (Lipinski definition) is 5. The predicted octanol–water partition coefficient (Wildman–Crippen LogP) is 2.19. The van der Waals surface area contributed by atoms with Crippen LogP contribution in [0.5, 0.6) is 0 Å². The molecule has 2 atom stereocenters. The third-order valence-corrected chi connectivity index (χ3v) is 4.04. The number of methoxy groups -OCH3 is 2. The fourth-order valence-electron chi connectivity index (χ4n) is 3.06. The Morgan fingerprint density at radius 2 is 2.14 bits per heavy atom. The molecule has 1 N–H and O–H groups in total. The fraction of sp³-hybridized carbons (Fsp3) is 0.438. The van der Waals surface area contributed by atoms with Crippen molar-refractivity contribution >= 4 is 17.7 Å². The maximum Gasteiger partial charge on any atom is 0.324 e. The SMILES string of the molecule is COC(=N)/C=C\C1=CCC2C=C(C)C[C@@]1(C(=O)OC)C2=O. The largest absolute Gasteiger partial charge is 0.481 e. The minimum absolute atomic E-state index is 0.0337. The highest BCUT2D eigenvalue weighted by atomic mass is 16.5. The quantitative estimate of drug-likeness (QED) is 0.284. The summed E-state index contributed by atoms with van der Waals surface area (Å²) < 4.78 is 9.67. The van der Waals surface area contributed by atoms with Gasteiger partial charge in [0.25, 0.3) is 0 Å². The summed E-state index contributed by atoms with van der Waals surface area (Å²) in [5.41, 5.74) is 0.316. The van der Waals surface area contributed by atoms with Crippen LogP contribution >= 0.6 is 0 Å². The maximum absolute atomic E-state index is 12.7. The van der Waals surface area contributed by atoms with Crippen LogP contribution in [0.15, 0.2) is 35.5 Å². The van der Waals surface area contributed by atoms with Crippen LogP contribution in [-0.4, -0.2) is 31.9 Å². The summed E-state index contributed by atoms with van der Waals surface area (Å²) in [6.07, 6.45) is 7.75. The van der Waals surface area contributed by atoms with E-state index in [1.54, 1.807) is 6.08 Å². The summed E-state index contributed by atoms with van der Waals surface area (Å²) in [7, 11) is 2.69. The van der Waals surface area contributed by atoms with Crippen LogP contribution in [0.25, 0.3) is 0 Å². The molecule has 0 aliphatic heterocycles. The molecule has 2 bridgehead atoms. The van der Waals surface area contributed by atoms with Crippen LogP contribution in [0.4, 0.5) is 0 Å². The normalized spacial score (nSPS) is 28.0. The Kier molecular flexibility index (Phi) is 4.11. The first kappa shape index (κ1) is 15.2. The van der Waals surface area contributed by atoms with Gasteiger partial charge in [0.05, 0.1) is 14.2 Å². The highest BCUT2D eigenvalue weighted by Crippen LogP contribution is 2.47. The van der Waals surface area contributed by atoms with Gasteiger partial charge in [0.2, 0.25) is 5.90 Å². The lowest BCUT2D eigenvalue weighted by Crippen LogP contribution is -2.48. The summed E-state index contributed by atoms with van der Waals surface area (Å²) in [6, 6.07) is 0. The fourth-order valence-corrected chi connectivity index (χ4v) is 3.06.